The van der Waals surface area contributed by atoms with Gasteiger partial charge in [-0.1, -0.05) is 197 Å². The van der Waals surface area contributed by atoms with Gasteiger partial charge in [0.15, 0.2) is 0 Å². The Bertz CT molecular complexity index is 2550. The molecule has 1 unspecified atom stereocenters. The molecule has 0 saturated carbocycles. The van der Waals surface area contributed by atoms with Gasteiger partial charge in [-0.3, -0.25) is 0 Å². The van der Waals surface area contributed by atoms with E-state index in [0.29, 0.717) is 0 Å². The second kappa shape index (κ2) is 13.0. The average molecular weight is 667 g/mol. The van der Waals surface area contributed by atoms with Crippen LogP contribution in [-0.2, 0) is 5.41 Å². The van der Waals surface area contributed by atoms with Gasteiger partial charge in [0.05, 0.1) is 0 Å². The van der Waals surface area contributed by atoms with Gasteiger partial charge in [0.25, 0.3) is 0 Å². The van der Waals surface area contributed by atoms with Crippen molar-refractivity contribution in [2.75, 3.05) is 0 Å². The van der Waals surface area contributed by atoms with Crippen LogP contribution in [0.3, 0.4) is 0 Å². The molecule has 9 rings (SSSR count). The van der Waals surface area contributed by atoms with Crippen molar-refractivity contribution in [2.45, 2.75) is 38.5 Å². The van der Waals surface area contributed by atoms with Crippen molar-refractivity contribution >= 4 is 21.9 Å². The summed E-state index contributed by atoms with van der Waals surface area (Å²) >= 11 is 0. The summed E-state index contributed by atoms with van der Waals surface area (Å²) in [6.45, 7) is 7.12. The largest absolute Gasteiger partial charge is 0.0722 e. The molecule has 0 aromatic heterocycles. The highest BCUT2D eigenvalue weighted by molar-refractivity contribution is 5.91. The molecule has 1 atom stereocenters. The third-order valence-corrected chi connectivity index (χ3v) is 11.5. The maximum Gasteiger partial charge on any atom is 0.0158 e. The molecule has 52 heavy (non-hydrogen) atoms. The zero-order valence-corrected chi connectivity index (χ0v) is 30.1. The van der Waals surface area contributed by atoms with Gasteiger partial charge in [-0.15, -0.1) is 0 Å². The van der Waals surface area contributed by atoms with Crippen LogP contribution >= 0.6 is 0 Å². The van der Waals surface area contributed by atoms with Crippen LogP contribution in [0.2, 0.25) is 0 Å². The quantitative estimate of drug-likeness (QED) is 0.166. The predicted molar refractivity (Wildman–Crippen MR) is 222 cm³/mol. The van der Waals surface area contributed by atoms with E-state index in [1.54, 1.807) is 0 Å². The van der Waals surface area contributed by atoms with Crippen LogP contribution < -0.4 is 0 Å². The van der Waals surface area contributed by atoms with Gasteiger partial charge in [-0.2, -0.15) is 0 Å². The molecule has 0 fully saturated rings. The van der Waals surface area contributed by atoms with Gasteiger partial charge < -0.3 is 0 Å². The molecular weight excluding hydrogens is 625 g/mol. The summed E-state index contributed by atoms with van der Waals surface area (Å²) in [6, 6.07) is 60.5. The highest BCUT2D eigenvalue weighted by Gasteiger charge is 2.35. The van der Waals surface area contributed by atoms with Crippen LogP contribution in [0.15, 0.2) is 188 Å². The molecule has 0 heteroatoms. The number of hydrogen-bond acceptors (Lipinski definition) is 0. The smallest absolute Gasteiger partial charge is 0.0158 e. The van der Waals surface area contributed by atoms with Crippen molar-refractivity contribution in [2.24, 2.45) is 0 Å². The molecule has 0 nitrogen and oxygen atoms in total. The summed E-state index contributed by atoms with van der Waals surface area (Å²) in [5.41, 5.74) is 18.4. The molecule has 0 spiro atoms. The molecule has 0 aliphatic heterocycles. The maximum absolute atomic E-state index is 2.48. The minimum absolute atomic E-state index is 0.0310. The lowest BCUT2D eigenvalue weighted by Gasteiger charge is -2.25. The van der Waals surface area contributed by atoms with Crippen molar-refractivity contribution in [3.05, 3.63) is 227 Å². The Morgan fingerprint density at radius 3 is 2.02 bits per heavy atom. The van der Waals surface area contributed by atoms with E-state index in [1.165, 1.54) is 88.7 Å². The van der Waals surface area contributed by atoms with Crippen molar-refractivity contribution in [1.29, 1.82) is 0 Å². The van der Waals surface area contributed by atoms with Crippen molar-refractivity contribution in [1.82, 2.24) is 0 Å². The summed E-state index contributed by atoms with van der Waals surface area (Å²) in [4.78, 5) is 0. The SMILES string of the molecule is CC(c1ccc2c(c1)C(C)(C)c1ccccc1-2)c1ccccc1/C(=C1/C=CC(c2ccc3ccccc3c2)=CC1)c1ccc(-c2ccccc2)cc1. The summed E-state index contributed by atoms with van der Waals surface area (Å²) in [6.07, 6.45) is 7.95. The molecule has 0 radical (unpaired) electrons. The third-order valence-electron chi connectivity index (χ3n) is 11.5. The predicted octanol–water partition coefficient (Wildman–Crippen LogP) is 13.8. The molecular formula is C52H42. The molecule has 0 saturated heterocycles. The lowest BCUT2D eigenvalue weighted by Crippen LogP contribution is -2.15. The fourth-order valence-electron chi connectivity index (χ4n) is 8.56. The van der Waals surface area contributed by atoms with Crippen LogP contribution in [0.25, 0.3) is 44.2 Å². The van der Waals surface area contributed by atoms with E-state index >= 15 is 0 Å². The molecule has 0 amide bonds. The first kappa shape index (κ1) is 32.0. The lowest BCUT2D eigenvalue weighted by atomic mass is 9.79. The zero-order chi connectivity index (χ0) is 35.2. The van der Waals surface area contributed by atoms with Gasteiger partial charge in [0.1, 0.15) is 0 Å². The van der Waals surface area contributed by atoms with E-state index in [2.05, 4.69) is 203 Å². The topological polar surface area (TPSA) is 0 Å². The minimum Gasteiger partial charge on any atom is -0.0722 e. The number of rotatable bonds is 6. The Hall–Kier alpha value is -5.98. The molecule has 250 valence electrons. The number of hydrogen-bond donors (Lipinski definition) is 0. The van der Waals surface area contributed by atoms with Gasteiger partial charge in [-0.05, 0) is 101 Å². The van der Waals surface area contributed by atoms with Gasteiger partial charge >= 0.3 is 0 Å². The monoisotopic (exact) mass is 666 g/mol. The van der Waals surface area contributed by atoms with Gasteiger partial charge in [-0.25, -0.2) is 0 Å². The molecule has 2 aliphatic rings. The Morgan fingerprint density at radius 1 is 0.538 bits per heavy atom. The summed E-state index contributed by atoms with van der Waals surface area (Å²) in [7, 11) is 0. The van der Waals surface area contributed by atoms with Crippen molar-refractivity contribution in [3.63, 3.8) is 0 Å². The highest BCUT2D eigenvalue weighted by Crippen LogP contribution is 2.50. The van der Waals surface area contributed by atoms with E-state index in [0.717, 1.165) is 6.42 Å². The van der Waals surface area contributed by atoms with Gasteiger partial charge in [0.2, 0.25) is 0 Å². The van der Waals surface area contributed by atoms with Crippen LogP contribution in [0.5, 0.6) is 0 Å². The number of allylic oxidation sites excluding steroid dienone is 5. The summed E-state index contributed by atoms with van der Waals surface area (Å²) < 4.78 is 0. The fourth-order valence-corrected chi connectivity index (χ4v) is 8.56. The molecule has 0 heterocycles. The Labute approximate surface area is 308 Å². The van der Waals surface area contributed by atoms with Crippen molar-refractivity contribution in [3.8, 4) is 22.3 Å². The van der Waals surface area contributed by atoms with E-state index in [9.17, 15) is 0 Å². The van der Waals surface area contributed by atoms with Gasteiger partial charge in [0, 0.05) is 11.3 Å². The van der Waals surface area contributed by atoms with E-state index in [-0.39, 0.29) is 11.3 Å². The zero-order valence-electron chi connectivity index (χ0n) is 30.1. The highest BCUT2D eigenvalue weighted by atomic mass is 14.4. The Kier molecular flexibility index (Phi) is 7.97. The van der Waals surface area contributed by atoms with E-state index in [1.807, 2.05) is 0 Å². The number of fused-ring (bicyclic) bond motifs is 4. The second-order valence-corrected chi connectivity index (χ2v) is 14.9. The summed E-state index contributed by atoms with van der Waals surface area (Å²) in [5.74, 6) is 0.205. The maximum atomic E-state index is 2.48. The van der Waals surface area contributed by atoms with Crippen LogP contribution in [0.4, 0.5) is 0 Å². The molecule has 0 N–H and O–H groups in total. The standard InChI is InChI=1S/C52H42/c1-35(42-31-32-47-46-18-11-12-20-49(46)52(2,3)50(47)34-42)45-17-9-10-19-48(45)51(40-26-21-38(22-27-40)36-13-5-4-6-14-36)41-28-23-39(24-29-41)44-30-25-37-15-7-8-16-43(37)33-44/h4-28,30-35H,29H2,1-3H3/b51-41-. The first-order valence-electron chi connectivity index (χ1n) is 18.6. The summed E-state index contributed by atoms with van der Waals surface area (Å²) in [5, 5.41) is 2.55. The third kappa shape index (κ3) is 5.56. The van der Waals surface area contributed by atoms with Crippen LogP contribution in [0.1, 0.15) is 72.1 Å². The van der Waals surface area contributed by atoms with E-state index in [4.69, 9.17) is 0 Å². The molecule has 7 aromatic carbocycles. The second-order valence-electron chi connectivity index (χ2n) is 14.9. The Morgan fingerprint density at radius 2 is 1.21 bits per heavy atom. The molecule has 2 aliphatic carbocycles. The normalized spacial score (nSPS) is 15.9. The minimum atomic E-state index is -0.0310. The first-order valence-corrected chi connectivity index (χ1v) is 18.6. The Balaban J connectivity index is 1.14. The molecule has 0 bridgehead atoms. The van der Waals surface area contributed by atoms with E-state index < -0.39 is 0 Å². The van der Waals surface area contributed by atoms with Crippen LogP contribution in [0, 0.1) is 0 Å². The van der Waals surface area contributed by atoms with Crippen LogP contribution in [-0.4, -0.2) is 0 Å². The number of benzene rings is 7. The van der Waals surface area contributed by atoms with Crippen molar-refractivity contribution < 1.29 is 0 Å². The fraction of sp³-hybridized carbons (Fsp3) is 0.115. The first-order chi connectivity index (χ1) is 25.5. The average Bonchev–Trinajstić information content (AvgIpc) is 3.44. The lowest BCUT2D eigenvalue weighted by molar-refractivity contribution is 0.658. The molecule has 7 aromatic rings.